The van der Waals surface area contributed by atoms with E-state index in [1.165, 1.54) is 0 Å². The summed E-state index contributed by atoms with van der Waals surface area (Å²) in [6.07, 6.45) is 0. The quantitative estimate of drug-likeness (QED) is 0.472. The van der Waals surface area contributed by atoms with Crippen molar-refractivity contribution in [2.75, 3.05) is 0 Å². The minimum Gasteiger partial charge on any atom is -0.105 e. The second kappa shape index (κ2) is 2.70. The molecule has 1 radical (unpaired) electrons. The third-order valence-corrected chi connectivity index (χ3v) is 1.29. The van der Waals surface area contributed by atoms with Crippen LogP contribution in [0.15, 0.2) is 0 Å². The maximum absolute atomic E-state index is 5.32. The Labute approximate surface area is 48.4 Å². The van der Waals surface area contributed by atoms with E-state index in [0.29, 0.717) is 0 Å². The van der Waals surface area contributed by atoms with Crippen molar-refractivity contribution in [3.63, 3.8) is 0 Å². The number of halogens is 2. The standard InChI is InChI=1S/C4H7Cl2/c1-3(2)4(5)6/h3-4H,1H2,2H3. The van der Waals surface area contributed by atoms with Gasteiger partial charge in [-0.05, 0) is 12.8 Å². The van der Waals surface area contributed by atoms with Crippen molar-refractivity contribution >= 4 is 23.2 Å². The number of alkyl halides is 2. The molecule has 0 aliphatic rings. The molecular weight excluding hydrogens is 119 g/mol. The summed E-state index contributed by atoms with van der Waals surface area (Å²) in [7, 11) is 0. The molecule has 1 unspecified atom stereocenters. The van der Waals surface area contributed by atoms with Crippen LogP contribution in [0.3, 0.4) is 0 Å². The van der Waals surface area contributed by atoms with Crippen LogP contribution in [0.1, 0.15) is 6.92 Å². The third kappa shape index (κ3) is 2.80. The van der Waals surface area contributed by atoms with Crippen LogP contribution in [-0.2, 0) is 0 Å². The minimum atomic E-state index is -0.315. The van der Waals surface area contributed by atoms with Gasteiger partial charge in [0, 0.05) is 0 Å². The smallest absolute Gasteiger partial charge is 0.105 e. The lowest BCUT2D eigenvalue weighted by Gasteiger charge is -2.00. The summed E-state index contributed by atoms with van der Waals surface area (Å²) in [5, 5.41) is 0. The molecule has 0 aromatic carbocycles. The van der Waals surface area contributed by atoms with E-state index in [1.807, 2.05) is 6.92 Å². The molecule has 2 heteroatoms. The summed E-state index contributed by atoms with van der Waals surface area (Å²) in [6, 6.07) is 0. The van der Waals surface area contributed by atoms with E-state index in [-0.39, 0.29) is 10.8 Å². The molecule has 0 aliphatic carbocycles. The average molecular weight is 126 g/mol. The van der Waals surface area contributed by atoms with Gasteiger partial charge in [-0.3, -0.25) is 0 Å². The second-order valence-corrected chi connectivity index (χ2v) is 2.48. The Kier molecular flexibility index (Phi) is 2.96. The number of hydrogen-bond donors (Lipinski definition) is 0. The molecule has 0 fully saturated rings. The predicted molar refractivity (Wildman–Crippen MR) is 30.0 cm³/mol. The van der Waals surface area contributed by atoms with Crippen LogP contribution in [-0.4, -0.2) is 4.84 Å². The Morgan fingerprint density at radius 3 is 1.67 bits per heavy atom. The molecule has 0 aromatic heterocycles. The zero-order valence-corrected chi connectivity index (χ0v) is 5.13. The van der Waals surface area contributed by atoms with Gasteiger partial charge in [0.1, 0.15) is 4.84 Å². The zero-order valence-electron chi connectivity index (χ0n) is 3.62. The SMILES string of the molecule is [CH2]C(C)C(Cl)Cl. The highest BCUT2D eigenvalue weighted by Gasteiger charge is 2.01. The van der Waals surface area contributed by atoms with Gasteiger partial charge in [-0.1, -0.05) is 6.92 Å². The minimum absolute atomic E-state index is 0.133. The summed E-state index contributed by atoms with van der Waals surface area (Å²) < 4.78 is 0. The molecule has 0 spiro atoms. The second-order valence-electron chi connectivity index (χ2n) is 1.31. The molecule has 6 heavy (non-hydrogen) atoms. The van der Waals surface area contributed by atoms with Crippen molar-refractivity contribution < 1.29 is 0 Å². The van der Waals surface area contributed by atoms with Gasteiger partial charge in [-0.25, -0.2) is 0 Å². The fraction of sp³-hybridized carbons (Fsp3) is 0.750. The molecule has 0 bridgehead atoms. The van der Waals surface area contributed by atoms with Crippen molar-refractivity contribution in [3.05, 3.63) is 6.92 Å². The monoisotopic (exact) mass is 125 g/mol. The summed E-state index contributed by atoms with van der Waals surface area (Å²) >= 11 is 10.6. The maximum Gasteiger partial charge on any atom is 0.110 e. The van der Waals surface area contributed by atoms with Crippen molar-refractivity contribution in [1.82, 2.24) is 0 Å². The van der Waals surface area contributed by atoms with Crippen LogP contribution >= 0.6 is 23.2 Å². The van der Waals surface area contributed by atoms with Gasteiger partial charge in [-0.2, -0.15) is 0 Å². The van der Waals surface area contributed by atoms with Gasteiger partial charge in [0.25, 0.3) is 0 Å². The van der Waals surface area contributed by atoms with Gasteiger partial charge in [-0.15, -0.1) is 23.2 Å². The zero-order chi connectivity index (χ0) is 5.15. The molecule has 0 aliphatic heterocycles. The first-order valence-electron chi connectivity index (χ1n) is 1.76. The first-order valence-corrected chi connectivity index (χ1v) is 2.63. The van der Waals surface area contributed by atoms with E-state index in [4.69, 9.17) is 23.2 Å². The van der Waals surface area contributed by atoms with Crippen molar-refractivity contribution in [2.24, 2.45) is 5.92 Å². The highest BCUT2D eigenvalue weighted by Crippen LogP contribution is 2.11. The lowest BCUT2D eigenvalue weighted by molar-refractivity contribution is 0.793. The van der Waals surface area contributed by atoms with Crippen LogP contribution in [0.25, 0.3) is 0 Å². The largest absolute Gasteiger partial charge is 0.110 e. The predicted octanol–water partition coefficient (Wildman–Crippen LogP) is 2.26. The van der Waals surface area contributed by atoms with E-state index in [0.717, 1.165) is 0 Å². The first-order chi connectivity index (χ1) is 2.64. The Balaban J connectivity index is 2.99. The van der Waals surface area contributed by atoms with Gasteiger partial charge in [0.05, 0.1) is 0 Å². The molecule has 0 saturated heterocycles. The molecule has 0 amide bonds. The highest BCUT2D eigenvalue weighted by atomic mass is 35.5. The van der Waals surface area contributed by atoms with E-state index in [1.54, 1.807) is 0 Å². The number of hydrogen-bond acceptors (Lipinski definition) is 0. The molecule has 0 N–H and O–H groups in total. The maximum atomic E-state index is 5.32. The Morgan fingerprint density at radius 2 is 1.67 bits per heavy atom. The fourth-order valence-corrected chi connectivity index (χ4v) is 0. The molecule has 0 saturated carbocycles. The van der Waals surface area contributed by atoms with E-state index in [2.05, 4.69) is 6.92 Å². The molecule has 0 rings (SSSR count). The Hall–Kier alpha value is 0.580. The summed E-state index contributed by atoms with van der Waals surface area (Å²) in [5.74, 6) is 0.133. The van der Waals surface area contributed by atoms with Crippen LogP contribution in [0.5, 0.6) is 0 Å². The molecular formula is C4H7Cl2. The van der Waals surface area contributed by atoms with E-state index >= 15 is 0 Å². The van der Waals surface area contributed by atoms with Crippen LogP contribution < -0.4 is 0 Å². The van der Waals surface area contributed by atoms with Gasteiger partial charge in [0.15, 0.2) is 0 Å². The molecule has 0 aromatic rings. The Bertz CT molecular complexity index is 26.5. The fourth-order valence-electron chi connectivity index (χ4n) is 0. The molecule has 0 nitrogen and oxygen atoms in total. The Morgan fingerprint density at radius 1 is 1.50 bits per heavy atom. The van der Waals surface area contributed by atoms with E-state index in [9.17, 15) is 0 Å². The van der Waals surface area contributed by atoms with Gasteiger partial charge >= 0.3 is 0 Å². The van der Waals surface area contributed by atoms with Crippen LogP contribution in [0, 0.1) is 12.8 Å². The lowest BCUT2D eigenvalue weighted by atomic mass is 10.3. The summed E-state index contributed by atoms with van der Waals surface area (Å²) in [4.78, 5) is -0.315. The van der Waals surface area contributed by atoms with E-state index < -0.39 is 0 Å². The third-order valence-electron chi connectivity index (χ3n) is 0.430. The number of rotatable bonds is 1. The van der Waals surface area contributed by atoms with Gasteiger partial charge in [0.2, 0.25) is 0 Å². The first kappa shape index (κ1) is 6.58. The van der Waals surface area contributed by atoms with Crippen molar-refractivity contribution in [3.8, 4) is 0 Å². The topological polar surface area (TPSA) is 0 Å². The molecule has 37 valence electrons. The van der Waals surface area contributed by atoms with Crippen molar-refractivity contribution in [1.29, 1.82) is 0 Å². The van der Waals surface area contributed by atoms with Crippen LogP contribution in [0.2, 0.25) is 0 Å². The lowest BCUT2D eigenvalue weighted by Crippen LogP contribution is -1.96. The summed E-state index contributed by atoms with van der Waals surface area (Å²) in [6.45, 7) is 5.44. The molecule has 0 heterocycles. The summed E-state index contributed by atoms with van der Waals surface area (Å²) in [5.41, 5.74) is 0. The molecule has 1 atom stereocenters. The average Bonchev–Trinajstić information content (AvgIpc) is 1.36. The van der Waals surface area contributed by atoms with Crippen molar-refractivity contribution in [2.45, 2.75) is 11.8 Å². The van der Waals surface area contributed by atoms with Gasteiger partial charge < -0.3 is 0 Å². The highest BCUT2D eigenvalue weighted by molar-refractivity contribution is 6.44. The van der Waals surface area contributed by atoms with Crippen LogP contribution in [0.4, 0.5) is 0 Å². The normalized spacial score (nSPS) is 11.0.